The molecule has 1 aromatic rings. The van der Waals surface area contributed by atoms with E-state index in [-0.39, 0.29) is 11.6 Å². The lowest BCUT2D eigenvalue weighted by molar-refractivity contribution is -0.384. The number of rotatable bonds is 5. The maximum absolute atomic E-state index is 10.7. The highest BCUT2D eigenvalue weighted by Crippen LogP contribution is 2.23. The molecule has 0 spiro atoms. The summed E-state index contributed by atoms with van der Waals surface area (Å²) < 4.78 is 0. The van der Waals surface area contributed by atoms with Gasteiger partial charge in [-0.25, -0.2) is 0 Å². The van der Waals surface area contributed by atoms with Crippen LogP contribution in [0.3, 0.4) is 0 Å². The van der Waals surface area contributed by atoms with Crippen molar-refractivity contribution in [3.8, 4) is 0 Å². The van der Waals surface area contributed by atoms with Gasteiger partial charge in [0.25, 0.3) is 5.69 Å². The molecule has 0 bridgehead atoms. The molecule has 0 heterocycles. The topological polar surface area (TPSA) is 75.4 Å². The number of hydrogen-bond donors (Lipinski definition) is 2. The number of nitrogens with one attached hydrogen (secondary N) is 1. The highest BCUT2D eigenvalue weighted by atomic mass is 16.6. The number of anilines is 1. The molecule has 1 aromatic carbocycles. The van der Waals surface area contributed by atoms with E-state index in [2.05, 4.69) is 5.32 Å². The molecule has 0 saturated carbocycles. The summed E-state index contributed by atoms with van der Waals surface area (Å²) in [7, 11) is 0. The third-order valence-electron chi connectivity index (χ3n) is 2.54. The first-order valence-electron chi connectivity index (χ1n) is 5.17. The van der Waals surface area contributed by atoms with E-state index in [1.165, 1.54) is 6.07 Å². The van der Waals surface area contributed by atoms with Crippen LogP contribution in [-0.2, 0) is 0 Å². The highest BCUT2D eigenvalue weighted by molar-refractivity contribution is 5.61. The van der Waals surface area contributed by atoms with Gasteiger partial charge in [0.15, 0.2) is 0 Å². The minimum atomic E-state index is -0.435. The molecule has 16 heavy (non-hydrogen) atoms. The van der Waals surface area contributed by atoms with Crippen LogP contribution in [0.1, 0.15) is 13.8 Å². The summed E-state index contributed by atoms with van der Waals surface area (Å²) in [5.41, 5.74) is 0.542. The number of aliphatic hydroxyl groups excluding tert-OH is 1. The van der Waals surface area contributed by atoms with Gasteiger partial charge in [0.2, 0.25) is 0 Å². The maximum atomic E-state index is 10.7. The Morgan fingerprint density at radius 1 is 1.44 bits per heavy atom. The second-order valence-electron chi connectivity index (χ2n) is 3.87. The first kappa shape index (κ1) is 12.4. The van der Waals surface area contributed by atoms with Crippen molar-refractivity contribution in [2.45, 2.75) is 20.0 Å². The third kappa shape index (κ3) is 3.20. The lowest BCUT2D eigenvalue weighted by Crippen LogP contribution is -2.22. The zero-order chi connectivity index (χ0) is 12.1. The molecule has 88 valence electrons. The molecule has 0 aromatic heterocycles. The fourth-order valence-corrected chi connectivity index (χ4v) is 1.22. The molecule has 0 radical (unpaired) electrons. The number of hydrogen-bond acceptors (Lipinski definition) is 4. The van der Waals surface area contributed by atoms with Crippen LogP contribution in [0.2, 0.25) is 0 Å². The van der Waals surface area contributed by atoms with Gasteiger partial charge in [-0.1, -0.05) is 19.1 Å². The van der Waals surface area contributed by atoms with E-state index >= 15 is 0 Å². The Kier molecular flexibility index (Phi) is 4.25. The van der Waals surface area contributed by atoms with Crippen LogP contribution in [-0.4, -0.2) is 22.7 Å². The Bertz CT molecular complexity index is 366. The van der Waals surface area contributed by atoms with Crippen molar-refractivity contribution in [3.63, 3.8) is 0 Å². The first-order chi connectivity index (χ1) is 7.52. The quantitative estimate of drug-likeness (QED) is 0.592. The maximum Gasteiger partial charge on any atom is 0.292 e. The number of nitro benzene ring substituents is 1. The standard InChI is InChI=1S/C11H16N2O3/c1-8(9(2)14)7-12-10-5-3-4-6-11(10)13(15)16/h3-6,8-9,12,14H,7H2,1-2H3. The normalized spacial score (nSPS) is 14.2. The lowest BCUT2D eigenvalue weighted by Gasteiger charge is -2.15. The number of para-hydroxylation sites is 2. The van der Waals surface area contributed by atoms with E-state index in [0.29, 0.717) is 12.2 Å². The Balaban J connectivity index is 2.70. The molecule has 0 amide bonds. The van der Waals surface area contributed by atoms with Gasteiger partial charge < -0.3 is 10.4 Å². The summed E-state index contributed by atoms with van der Waals surface area (Å²) in [5, 5.41) is 23.0. The average Bonchev–Trinajstić information content (AvgIpc) is 2.25. The molecular formula is C11H16N2O3. The minimum absolute atomic E-state index is 0.0415. The summed E-state index contributed by atoms with van der Waals surface area (Å²) in [4.78, 5) is 10.3. The average molecular weight is 224 g/mol. The molecule has 2 unspecified atom stereocenters. The molecule has 0 fully saturated rings. The molecule has 5 heteroatoms. The van der Waals surface area contributed by atoms with E-state index in [1.807, 2.05) is 6.92 Å². The SMILES string of the molecule is CC(O)C(C)CNc1ccccc1[N+](=O)[O-]. The number of nitro groups is 1. The Morgan fingerprint density at radius 2 is 2.06 bits per heavy atom. The van der Waals surface area contributed by atoms with Gasteiger partial charge in [-0.05, 0) is 18.9 Å². The van der Waals surface area contributed by atoms with Crippen molar-refractivity contribution in [1.29, 1.82) is 0 Å². The Labute approximate surface area is 94.3 Å². The van der Waals surface area contributed by atoms with Crippen molar-refractivity contribution in [1.82, 2.24) is 0 Å². The molecule has 2 atom stereocenters. The third-order valence-corrected chi connectivity index (χ3v) is 2.54. The fraction of sp³-hybridized carbons (Fsp3) is 0.455. The van der Waals surface area contributed by atoms with Gasteiger partial charge in [-0.2, -0.15) is 0 Å². The number of aliphatic hydroxyl groups is 1. The van der Waals surface area contributed by atoms with Crippen LogP contribution in [0.4, 0.5) is 11.4 Å². The summed E-state index contributed by atoms with van der Waals surface area (Å²) >= 11 is 0. The zero-order valence-electron chi connectivity index (χ0n) is 9.38. The highest BCUT2D eigenvalue weighted by Gasteiger charge is 2.14. The molecule has 2 N–H and O–H groups in total. The lowest BCUT2D eigenvalue weighted by atomic mass is 10.1. The van der Waals surface area contributed by atoms with E-state index in [0.717, 1.165) is 0 Å². The molecular weight excluding hydrogens is 208 g/mol. The summed E-state index contributed by atoms with van der Waals surface area (Å²) in [6.07, 6.45) is -0.435. The largest absolute Gasteiger partial charge is 0.393 e. The van der Waals surface area contributed by atoms with Gasteiger partial charge in [0, 0.05) is 12.6 Å². The molecule has 0 saturated heterocycles. The van der Waals surface area contributed by atoms with Crippen LogP contribution in [0, 0.1) is 16.0 Å². The number of nitrogens with zero attached hydrogens (tertiary/aromatic N) is 1. The van der Waals surface area contributed by atoms with Crippen LogP contribution in [0.5, 0.6) is 0 Å². The predicted octanol–water partition coefficient (Wildman–Crippen LogP) is 2.02. The van der Waals surface area contributed by atoms with Crippen LogP contribution < -0.4 is 5.32 Å². The van der Waals surface area contributed by atoms with E-state index < -0.39 is 11.0 Å². The molecule has 5 nitrogen and oxygen atoms in total. The summed E-state index contributed by atoms with van der Waals surface area (Å²) in [5.74, 6) is 0.0415. The smallest absolute Gasteiger partial charge is 0.292 e. The number of benzene rings is 1. The van der Waals surface area contributed by atoms with Crippen LogP contribution in [0.25, 0.3) is 0 Å². The zero-order valence-corrected chi connectivity index (χ0v) is 9.38. The summed E-state index contributed by atoms with van der Waals surface area (Å²) in [6, 6.07) is 6.48. The second-order valence-corrected chi connectivity index (χ2v) is 3.87. The van der Waals surface area contributed by atoms with Crippen molar-refractivity contribution >= 4 is 11.4 Å². The fourth-order valence-electron chi connectivity index (χ4n) is 1.22. The minimum Gasteiger partial charge on any atom is -0.393 e. The van der Waals surface area contributed by atoms with Crippen molar-refractivity contribution in [2.75, 3.05) is 11.9 Å². The van der Waals surface area contributed by atoms with Crippen LogP contribution >= 0.6 is 0 Å². The van der Waals surface area contributed by atoms with Gasteiger partial charge >= 0.3 is 0 Å². The Hall–Kier alpha value is -1.62. The first-order valence-corrected chi connectivity index (χ1v) is 5.17. The van der Waals surface area contributed by atoms with Crippen LogP contribution in [0.15, 0.2) is 24.3 Å². The molecule has 0 aliphatic rings. The van der Waals surface area contributed by atoms with Crippen molar-refractivity contribution < 1.29 is 10.0 Å². The molecule has 0 aliphatic carbocycles. The Morgan fingerprint density at radius 3 is 2.62 bits per heavy atom. The van der Waals surface area contributed by atoms with Crippen molar-refractivity contribution in [2.24, 2.45) is 5.92 Å². The van der Waals surface area contributed by atoms with Gasteiger partial charge in [0.05, 0.1) is 11.0 Å². The monoisotopic (exact) mass is 224 g/mol. The van der Waals surface area contributed by atoms with E-state index in [4.69, 9.17) is 0 Å². The second kappa shape index (κ2) is 5.46. The molecule has 1 rings (SSSR count). The van der Waals surface area contributed by atoms with Crippen molar-refractivity contribution in [3.05, 3.63) is 34.4 Å². The summed E-state index contributed by atoms with van der Waals surface area (Å²) in [6.45, 7) is 4.08. The van der Waals surface area contributed by atoms with Gasteiger partial charge in [-0.15, -0.1) is 0 Å². The molecule has 0 aliphatic heterocycles. The van der Waals surface area contributed by atoms with Gasteiger partial charge in [0.1, 0.15) is 5.69 Å². The van der Waals surface area contributed by atoms with E-state index in [1.54, 1.807) is 25.1 Å². The van der Waals surface area contributed by atoms with E-state index in [9.17, 15) is 15.2 Å². The van der Waals surface area contributed by atoms with Gasteiger partial charge in [-0.3, -0.25) is 10.1 Å². The predicted molar refractivity (Wildman–Crippen MR) is 62.4 cm³/mol.